The largest absolute Gasteiger partial charge is 0.462 e. The topological polar surface area (TPSA) is 78.9 Å². The number of hydrogen-bond donors (Lipinski definition) is 0. The zero-order chi connectivity index (χ0) is 46.5. The Balaban J connectivity index is 4.51. The number of carbonyl (C=O) groups is 3. The van der Waals surface area contributed by atoms with E-state index in [4.69, 9.17) is 14.2 Å². The maximum Gasteiger partial charge on any atom is 0.306 e. The molecule has 0 aromatic carbocycles. The van der Waals surface area contributed by atoms with Crippen LogP contribution in [0.5, 0.6) is 0 Å². The summed E-state index contributed by atoms with van der Waals surface area (Å²) in [5, 5.41) is 0. The molecular formula is C58H96O6. The van der Waals surface area contributed by atoms with Crippen LogP contribution in [0.2, 0.25) is 0 Å². The number of allylic oxidation sites excluding steroid dienone is 16. The predicted octanol–water partition coefficient (Wildman–Crippen LogP) is 17.4. The Hall–Kier alpha value is -3.67. The molecule has 0 aliphatic carbocycles. The Kier molecular flexibility index (Phi) is 49.0. The number of carbonyl (C=O) groups excluding carboxylic acids is 3. The van der Waals surface area contributed by atoms with E-state index in [1.807, 2.05) is 36.5 Å². The highest BCUT2D eigenvalue weighted by Crippen LogP contribution is 2.15. The highest BCUT2D eigenvalue weighted by molar-refractivity contribution is 5.71. The van der Waals surface area contributed by atoms with Gasteiger partial charge in [0.05, 0.1) is 0 Å². The monoisotopic (exact) mass is 889 g/mol. The summed E-state index contributed by atoms with van der Waals surface area (Å²) in [7, 11) is 0. The van der Waals surface area contributed by atoms with Gasteiger partial charge in [-0.25, -0.2) is 0 Å². The van der Waals surface area contributed by atoms with Gasteiger partial charge in [0.25, 0.3) is 0 Å². The molecule has 0 heterocycles. The molecule has 364 valence electrons. The second-order valence-corrected chi connectivity index (χ2v) is 17.1. The minimum absolute atomic E-state index is 0.114. The summed E-state index contributed by atoms with van der Waals surface area (Å²) in [4.78, 5) is 38.0. The molecule has 0 radical (unpaired) electrons. The third kappa shape index (κ3) is 49.3. The van der Waals surface area contributed by atoms with Crippen molar-refractivity contribution in [1.82, 2.24) is 0 Å². The van der Waals surface area contributed by atoms with Gasteiger partial charge in [0.2, 0.25) is 0 Å². The molecular weight excluding hydrogens is 793 g/mol. The first-order chi connectivity index (χ1) is 31.5. The van der Waals surface area contributed by atoms with E-state index in [9.17, 15) is 14.4 Å². The first kappa shape index (κ1) is 60.3. The summed E-state index contributed by atoms with van der Waals surface area (Å²) < 4.78 is 16.7. The zero-order valence-corrected chi connectivity index (χ0v) is 41.5. The van der Waals surface area contributed by atoms with Crippen LogP contribution >= 0.6 is 0 Å². The van der Waals surface area contributed by atoms with Crippen LogP contribution in [0.3, 0.4) is 0 Å². The van der Waals surface area contributed by atoms with Gasteiger partial charge >= 0.3 is 17.9 Å². The summed E-state index contributed by atoms with van der Waals surface area (Å²) in [5.41, 5.74) is 0. The van der Waals surface area contributed by atoms with Crippen molar-refractivity contribution >= 4 is 17.9 Å². The van der Waals surface area contributed by atoms with E-state index in [0.29, 0.717) is 19.3 Å². The smallest absolute Gasteiger partial charge is 0.306 e. The summed E-state index contributed by atoms with van der Waals surface area (Å²) in [6.07, 6.45) is 68.3. The van der Waals surface area contributed by atoms with Gasteiger partial charge in [0.15, 0.2) is 6.10 Å². The van der Waals surface area contributed by atoms with Gasteiger partial charge in [-0.3, -0.25) is 14.4 Å². The quantitative estimate of drug-likeness (QED) is 0.0199. The van der Waals surface area contributed by atoms with E-state index in [1.54, 1.807) is 0 Å². The van der Waals surface area contributed by atoms with Gasteiger partial charge in [-0.2, -0.15) is 0 Å². The van der Waals surface area contributed by atoms with Crippen molar-refractivity contribution in [2.45, 2.75) is 239 Å². The van der Waals surface area contributed by atoms with E-state index < -0.39 is 6.10 Å². The lowest BCUT2D eigenvalue weighted by Crippen LogP contribution is -2.30. The number of esters is 3. The molecule has 1 atom stereocenters. The first-order valence-corrected chi connectivity index (χ1v) is 26.3. The molecule has 0 spiro atoms. The van der Waals surface area contributed by atoms with E-state index in [0.717, 1.165) is 77.0 Å². The standard InChI is InChI=1S/C58H96O6/c1-4-7-10-13-16-19-22-25-27-29-31-33-36-39-42-45-48-51-57(60)63-54-55(53-62-56(59)50-47-44-41-38-35-32-24-21-18-15-12-9-6-3)64-58(61)52-49-46-43-40-37-34-30-28-26-23-20-17-14-11-8-5-2/h9,12,15-16,18-19,21,24-25,27,31-33,35,39,42,55H,4-8,10-11,13-14,17,20,22-23,26,28-30,34,36-38,40-41,43-54H2,1-3H3/b12-9-,18-15-,19-16-,24-21-,27-25-,33-31-,35-32-,42-39-. The average Bonchev–Trinajstić information content (AvgIpc) is 3.29. The molecule has 0 N–H and O–H groups in total. The molecule has 0 aromatic heterocycles. The maximum atomic E-state index is 12.8. The molecule has 0 rings (SSSR count). The first-order valence-electron chi connectivity index (χ1n) is 26.3. The van der Waals surface area contributed by atoms with Crippen LogP contribution in [0.15, 0.2) is 97.2 Å². The molecule has 0 fully saturated rings. The van der Waals surface area contributed by atoms with Crippen molar-refractivity contribution in [2.24, 2.45) is 0 Å². The lowest BCUT2D eigenvalue weighted by molar-refractivity contribution is -0.167. The SMILES string of the molecule is CC\C=C/C=C\C=C/C=C\CCCCCC(=O)OCC(COC(=O)CCC/C=C\C/C=C\C/C=C\C/C=C\CCCCC)OC(=O)CCCCCCCCCCCCCCCCCC. The highest BCUT2D eigenvalue weighted by Gasteiger charge is 2.19. The molecule has 0 aliphatic heterocycles. The minimum Gasteiger partial charge on any atom is -0.462 e. The Morgan fingerprint density at radius 2 is 0.688 bits per heavy atom. The van der Waals surface area contributed by atoms with E-state index in [2.05, 4.69) is 81.5 Å². The molecule has 0 amide bonds. The van der Waals surface area contributed by atoms with Gasteiger partial charge in [-0.15, -0.1) is 0 Å². The lowest BCUT2D eigenvalue weighted by Gasteiger charge is -2.18. The van der Waals surface area contributed by atoms with Gasteiger partial charge in [-0.05, 0) is 77.0 Å². The van der Waals surface area contributed by atoms with Crippen LogP contribution in [0.4, 0.5) is 0 Å². The van der Waals surface area contributed by atoms with Crippen molar-refractivity contribution in [2.75, 3.05) is 13.2 Å². The Morgan fingerprint density at radius 1 is 0.344 bits per heavy atom. The molecule has 0 bridgehead atoms. The second kappa shape index (κ2) is 52.0. The number of hydrogen-bond acceptors (Lipinski definition) is 6. The highest BCUT2D eigenvalue weighted by atomic mass is 16.6. The molecule has 6 heteroatoms. The average molecular weight is 889 g/mol. The number of rotatable bonds is 46. The van der Waals surface area contributed by atoms with Crippen molar-refractivity contribution in [1.29, 1.82) is 0 Å². The van der Waals surface area contributed by atoms with Crippen LogP contribution in [0, 0.1) is 0 Å². The Bertz CT molecular complexity index is 1300. The summed E-state index contributed by atoms with van der Waals surface area (Å²) >= 11 is 0. The minimum atomic E-state index is -0.814. The van der Waals surface area contributed by atoms with Crippen molar-refractivity contribution in [3.8, 4) is 0 Å². The fraction of sp³-hybridized carbons (Fsp3) is 0.672. The van der Waals surface area contributed by atoms with Crippen molar-refractivity contribution in [3.05, 3.63) is 97.2 Å². The van der Waals surface area contributed by atoms with Crippen LogP contribution in [0.1, 0.15) is 233 Å². The van der Waals surface area contributed by atoms with Gasteiger partial charge in [0, 0.05) is 19.3 Å². The van der Waals surface area contributed by atoms with Crippen LogP contribution < -0.4 is 0 Å². The molecule has 0 saturated heterocycles. The normalized spacial score (nSPS) is 12.9. The van der Waals surface area contributed by atoms with Crippen LogP contribution in [-0.2, 0) is 28.6 Å². The Labute approximate surface area is 394 Å². The van der Waals surface area contributed by atoms with E-state index in [1.165, 1.54) is 109 Å². The molecule has 6 nitrogen and oxygen atoms in total. The fourth-order valence-corrected chi connectivity index (χ4v) is 6.97. The summed E-state index contributed by atoms with van der Waals surface area (Å²) in [6.45, 7) is 6.39. The maximum absolute atomic E-state index is 12.8. The van der Waals surface area contributed by atoms with Crippen LogP contribution in [-0.4, -0.2) is 37.2 Å². The predicted molar refractivity (Wildman–Crippen MR) is 274 cm³/mol. The molecule has 64 heavy (non-hydrogen) atoms. The van der Waals surface area contributed by atoms with Crippen molar-refractivity contribution in [3.63, 3.8) is 0 Å². The summed E-state index contributed by atoms with van der Waals surface area (Å²) in [6, 6.07) is 0. The zero-order valence-electron chi connectivity index (χ0n) is 41.5. The lowest BCUT2D eigenvalue weighted by atomic mass is 10.0. The number of unbranched alkanes of at least 4 members (excludes halogenated alkanes) is 22. The van der Waals surface area contributed by atoms with Gasteiger partial charge < -0.3 is 14.2 Å². The third-order valence-electron chi connectivity index (χ3n) is 10.9. The third-order valence-corrected chi connectivity index (χ3v) is 10.9. The van der Waals surface area contributed by atoms with Gasteiger partial charge in [-0.1, -0.05) is 234 Å². The molecule has 0 saturated carbocycles. The summed E-state index contributed by atoms with van der Waals surface area (Å²) in [5.74, 6) is -1.01. The second-order valence-electron chi connectivity index (χ2n) is 17.1. The van der Waals surface area contributed by atoms with Crippen LogP contribution in [0.25, 0.3) is 0 Å². The molecule has 0 aromatic rings. The Morgan fingerprint density at radius 3 is 1.19 bits per heavy atom. The molecule has 1 unspecified atom stereocenters. The number of ether oxygens (including phenoxy) is 3. The van der Waals surface area contributed by atoms with E-state index in [-0.39, 0.29) is 37.5 Å². The van der Waals surface area contributed by atoms with E-state index >= 15 is 0 Å². The van der Waals surface area contributed by atoms with Gasteiger partial charge in [0.1, 0.15) is 13.2 Å². The molecule has 0 aliphatic rings. The van der Waals surface area contributed by atoms with Crippen molar-refractivity contribution < 1.29 is 28.6 Å². The fourth-order valence-electron chi connectivity index (χ4n) is 6.97.